The van der Waals surface area contributed by atoms with Gasteiger partial charge in [0.2, 0.25) is 0 Å². The Morgan fingerprint density at radius 3 is 2.79 bits per heavy atom. The van der Waals surface area contributed by atoms with E-state index in [1.54, 1.807) is 11.3 Å². The van der Waals surface area contributed by atoms with Crippen LogP contribution >= 0.6 is 22.7 Å². The highest BCUT2D eigenvalue weighted by molar-refractivity contribution is 7.24. The Hall–Kier alpha value is -3.11. The van der Waals surface area contributed by atoms with Crippen molar-refractivity contribution in [2.75, 3.05) is 44.8 Å². The lowest BCUT2D eigenvalue weighted by Crippen LogP contribution is -2.38. The van der Waals surface area contributed by atoms with Crippen LogP contribution in [0.2, 0.25) is 0 Å². The summed E-state index contributed by atoms with van der Waals surface area (Å²) >= 11 is 3.04. The fraction of sp³-hybridized carbons (Fsp3) is 0.240. The zero-order valence-corrected chi connectivity index (χ0v) is 20.0. The maximum absolute atomic E-state index is 13.4. The van der Waals surface area contributed by atoms with E-state index in [0.29, 0.717) is 23.1 Å². The van der Waals surface area contributed by atoms with E-state index >= 15 is 0 Å². The van der Waals surface area contributed by atoms with Gasteiger partial charge in [0.05, 0.1) is 39.2 Å². The molecule has 2 aromatic heterocycles. The summed E-state index contributed by atoms with van der Waals surface area (Å²) in [6.07, 6.45) is 0. The fourth-order valence-corrected chi connectivity index (χ4v) is 5.86. The van der Waals surface area contributed by atoms with E-state index in [2.05, 4.69) is 20.2 Å². The van der Waals surface area contributed by atoms with Crippen molar-refractivity contribution in [1.29, 1.82) is 0 Å². The first-order valence-electron chi connectivity index (χ1n) is 11.1. The maximum Gasteiger partial charge on any atom is 0.261 e. The number of hydrogen-bond acceptors (Lipinski definition) is 8. The lowest BCUT2D eigenvalue weighted by Gasteiger charge is -2.26. The van der Waals surface area contributed by atoms with Crippen LogP contribution in [0.15, 0.2) is 54.0 Å². The van der Waals surface area contributed by atoms with Gasteiger partial charge >= 0.3 is 0 Å². The van der Waals surface area contributed by atoms with Crippen molar-refractivity contribution in [3.8, 4) is 5.75 Å². The molecule has 9 heteroatoms. The summed E-state index contributed by atoms with van der Waals surface area (Å²) in [6, 6.07) is 15.8. The number of thiazole rings is 2. The van der Waals surface area contributed by atoms with E-state index in [-0.39, 0.29) is 5.91 Å². The number of rotatable bonds is 6. The van der Waals surface area contributed by atoms with Crippen LogP contribution in [-0.2, 0) is 4.74 Å². The SMILES string of the molecule is O=C(Nc1nc2ccc3scnc3c2s1)c1cc2ccccc2cc1OCCN1CCOCC1. The van der Waals surface area contributed by atoms with Gasteiger partial charge in [-0.1, -0.05) is 35.6 Å². The molecule has 1 aliphatic heterocycles. The quantitative estimate of drug-likeness (QED) is 0.360. The lowest BCUT2D eigenvalue weighted by atomic mass is 10.1. The Morgan fingerprint density at radius 2 is 1.94 bits per heavy atom. The van der Waals surface area contributed by atoms with Crippen LogP contribution in [0.5, 0.6) is 5.75 Å². The molecule has 6 rings (SSSR count). The Morgan fingerprint density at radius 1 is 1.12 bits per heavy atom. The molecular weight excluding hydrogens is 468 g/mol. The van der Waals surface area contributed by atoms with Crippen LogP contribution in [0, 0.1) is 0 Å². The second kappa shape index (κ2) is 9.27. The zero-order chi connectivity index (χ0) is 22.9. The van der Waals surface area contributed by atoms with Crippen LogP contribution in [0.3, 0.4) is 0 Å². The number of benzene rings is 3. The van der Waals surface area contributed by atoms with Crippen molar-refractivity contribution in [2.24, 2.45) is 0 Å². The Bertz CT molecular complexity index is 1490. The van der Waals surface area contributed by atoms with Gasteiger partial charge in [0.25, 0.3) is 5.91 Å². The van der Waals surface area contributed by atoms with Crippen molar-refractivity contribution in [1.82, 2.24) is 14.9 Å². The van der Waals surface area contributed by atoms with Gasteiger partial charge in [-0.25, -0.2) is 9.97 Å². The first-order valence-corrected chi connectivity index (χ1v) is 12.8. The minimum absolute atomic E-state index is 0.235. The highest BCUT2D eigenvalue weighted by Gasteiger charge is 2.18. The average Bonchev–Trinajstić information content (AvgIpc) is 3.50. The monoisotopic (exact) mass is 490 g/mol. The normalized spacial score (nSPS) is 14.7. The molecule has 0 bridgehead atoms. The average molecular weight is 491 g/mol. The van der Waals surface area contributed by atoms with Crippen LogP contribution in [0.1, 0.15) is 10.4 Å². The number of hydrogen-bond donors (Lipinski definition) is 1. The summed E-state index contributed by atoms with van der Waals surface area (Å²) in [5.74, 6) is 0.341. The van der Waals surface area contributed by atoms with E-state index in [0.717, 1.165) is 64.1 Å². The van der Waals surface area contributed by atoms with E-state index in [9.17, 15) is 4.79 Å². The van der Waals surface area contributed by atoms with E-state index in [1.807, 2.05) is 54.0 Å². The fourth-order valence-electron chi connectivity index (χ4n) is 4.16. The number of amides is 1. The van der Waals surface area contributed by atoms with Gasteiger partial charge in [-0.05, 0) is 35.0 Å². The molecule has 34 heavy (non-hydrogen) atoms. The minimum atomic E-state index is -0.235. The molecular formula is C25H22N4O3S2. The standard InChI is InChI=1S/C25H22N4O3S2/c30-24(28-25-27-19-5-6-21-22(23(19)34-25)26-15-33-21)18-13-16-3-1-2-4-17(16)14-20(18)32-12-9-29-7-10-31-11-8-29/h1-6,13-15H,7-12H2,(H,27,28,30). The third-order valence-electron chi connectivity index (χ3n) is 5.94. The molecule has 0 unspecified atom stereocenters. The summed E-state index contributed by atoms with van der Waals surface area (Å²) in [5, 5.41) is 5.56. The largest absolute Gasteiger partial charge is 0.491 e. The summed E-state index contributed by atoms with van der Waals surface area (Å²) in [5.41, 5.74) is 4.09. The van der Waals surface area contributed by atoms with Gasteiger partial charge in [0.1, 0.15) is 17.9 Å². The molecule has 1 fully saturated rings. The number of ether oxygens (including phenoxy) is 2. The molecule has 1 saturated heterocycles. The lowest BCUT2D eigenvalue weighted by molar-refractivity contribution is 0.0322. The van der Waals surface area contributed by atoms with Gasteiger partial charge in [0.15, 0.2) is 5.13 Å². The Balaban J connectivity index is 1.27. The molecule has 0 spiro atoms. The van der Waals surface area contributed by atoms with Gasteiger partial charge in [-0.3, -0.25) is 15.0 Å². The summed E-state index contributed by atoms with van der Waals surface area (Å²) in [6.45, 7) is 4.59. The van der Waals surface area contributed by atoms with Crippen molar-refractivity contribution in [2.45, 2.75) is 0 Å². The van der Waals surface area contributed by atoms with Gasteiger partial charge in [0, 0.05) is 19.6 Å². The second-order valence-electron chi connectivity index (χ2n) is 8.08. The van der Waals surface area contributed by atoms with E-state index < -0.39 is 0 Å². The molecule has 3 aromatic carbocycles. The summed E-state index contributed by atoms with van der Waals surface area (Å²) < 4.78 is 13.7. The van der Waals surface area contributed by atoms with Crippen LogP contribution < -0.4 is 10.1 Å². The maximum atomic E-state index is 13.4. The van der Waals surface area contributed by atoms with Crippen molar-refractivity contribution >= 4 is 64.9 Å². The third kappa shape index (κ3) is 4.23. The molecule has 172 valence electrons. The van der Waals surface area contributed by atoms with Gasteiger partial charge in [-0.15, -0.1) is 11.3 Å². The highest BCUT2D eigenvalue weighted by Crippen LogP contribution is 2.34. The number of aromatic nitrogens is 2. The molecule has 0 radical (unpaired) electrons. The molecule has 0 aliphatic carbocycles. The molecule has 0 atom stereocenters. The summed E-state index contributed by atoms with van der Waals surface area (Å²) in [7, 11) is 0. The number of carbonyl (C=O) groups excluding carboxylic acids is 1. The second-order valence-corrected chi connectivity index (χ2v) is 9.97. The van der Waals surface area contributed by atoms with E-state index in [1.165, 1.54) is 11.3 Å². The van der Waals surface area contributed by atoms with Crippen LogP contribution in [0.25, 0.3) is 31.2 Å². The predicted molar refractivity (Wildman–Crippen MR) is 137 cm³/mol. The number of nitrogens with zero attached hydrogens (tertiary/aromatic N) is 3. The van der Waals surface area contributed by atoms with Crippen molar-refractivity contribution in [3.63, 3.8) is 0 Å². The topological polar surface area (TPSA) is 76.6 Å². The molecule has 1 amide bonds. The highest BCUT2D eigenvalue weighted by atomic mass is 32.1. The zero-order valence-electron chi connectivity index (χ0n) is 18.3. The molecule has 7 nitrogen and oxygen atoms in total. The molecule has 3 heterocycles. The van der Waals surface area contributed by atoms with E-state index in [4.69, 9.17) is 9.47 Å². The number of anilines is 1. The molecule has 5 aromatic rings. The minimum Gasteiger partial charge on any atom is -0.491 e. The molecule has 1 aliphatic rings. The Kier molecular flexibility index (Phi) is 5.84. The molecule has 1 N–H and O–H groups in total. The van der Waals surface area contributed by atoms with Crippen LogP contribution in [0.4, 0.5) is 5.13 Å². The first-order chi connectivity index (χ1) is 16.7. The summed E-state index contributed by atoms with van der Waals surface area (Å²) in [4.78, 5) is 24.8. The molecule has 0 saturated carbocycles. The predicted octanol–water partition coefficient (Wildman–Crippen LogP) is 5.02. The van der Waals surface area contributed by atoms with Crippen LogP contribution in [-0.4, -0.2) is 60.2 Å². The number of fused-ring (bicyclic) bond motifs is 4. The van der Waals surface area contributed by atoms with Gasteiger partial charge in [-0.2, -0.15) is 0 Å². The number of nitrogens with one attached hydrogen (secondary N) is 1. The van der Waals surface area contributed by atoms with Crippen molar-refractivity contribution in [3.05, 3.63) is 59.6 Å². The Labute approximate surface area is 204 Å². The first kappa shape index (κ1) is 21.4. The van der Waals surface area contributed by atoms with Gasteiger partial charge < -0.3 is 9.47 Å². The van der Waals surface area contributed by atoms with Crippen molar-refractivity contribution < 1.29 is 14.3 Å². The number of morpholine rings is 1. The third-order valence-corrected chi connectivity index (χ3v) is 7.73. The number of carbonyl (C=O) groups is 1. The smallest absolute Gasteiger partial charge is 0.261 e.